The van der Waals surface area contributed by atoms with Gasteiger partial charge in [0.15, 0.2) is 0 Å². The minimum absolute atomic E-state index is 0.0302. The molecule has 0 radical (unpaired) electrons. The molecule has 1 amide bonds. The summed E-state index contributed by atoms with van der Waals surface area (Å²) in [5.41, 5.74) is -0.333. The highest BCUT2D eigenvalue weighted by Crippen LogP contribution is 2.26. The lowest BCUT2D eigenvalue weighted by atomic mass is 9.98. The zero-order chi connectivity index (χ0) is 12.3. The van der Waals surface area contributed by atoms with Gasteiger partial charge >= 0.3 is 12.1 Å². The molecule has 1 aliphatic heterocycles. The number of carbonyl (C=O) groups is 2. The van der Waals surface area contributed by atoms with E-state index in [2.05, 4.69) is 0 Å². The van der Waals surface area contributed by atoms with E-state index in [0.717, 1.165) is 0 Å². The summed E-state index contributed by atoms with van der Waals surface area (Å²) in [6.45, 7) is 6.16. The zero-order valence-corrected chi connectivity index (χ0v) is 10.0. The van der Waals surface area contributed by atoms with E-state index in [1.807, 2.05) is 20.8 Å². The van der Waals surface area contributed by atoms with E-state index in [1.165, 1.54) is 0 Å². The summed E-state index contributed by atoms with van der Waals surface area (Å²) in [5.74, 6) is -0.826. The molecular weight excluding hydrogens is 210 g/mol. The molecule has 0 aliphatic carbocycles. The summed E-state index contributed by atoms with van der Waals surface area (Å²) in [5, 5.41) is 8.66. The summed E-state index contributed by atoms with van der Waals surface area (Å²) in [6.07, 6.45) is 0.942. The lowest BCUT2D eigenvalue weighted by Crippen LogP contribution is -2.55. The molecule has 0 saturated carbocycles. The predicted octanol–water partition coefficient (Wildman–Crippen LogP) is 1.86. The molecule has 16 heavy (non-hydrogen) atoms. The maximum Gasteiger partial charge on any atom is 0.410 e. The van der Waals surface area contributed by atoms with Crippen molar-refractivity contribution in [3.63, 3.8) is 0 Å². The number of hydrogen-bond donors (Lipinski definition) is 1. The number of carboxylic acid groups (broad SMARTS) is 1. The molecule has 1 aliphatic rings. The molecule has 1 heterocycles. The van der Waals surface area contributed by atoms with Gasteiger partial charge in [-0.15, -0.1) is 0 Å². The van der Waals surface area contributed by atoms with Crippen LogP contribution in [0.15, 0.2) is 0 Å². The lowest BCUT2D eigenvalue weighted by molar-refractivity contribution is -0.137. The molecule has 5 heteroatoms. The van der Waals surface area contributed by atoms with Gasteiger partial charge in [-0.05, 0) is 27.2 Å². The highest BCUT2D eigenvalue weighted by Gasteiger charge is 2.37. The lowest BCUT2D eigenvalue weighted by Gasteiger charge is -2.43. The number of ether oxygens (including phenoxy) is 1. The molecule has 1 fully saturated rings. The van der Waals surface area contributed by atoms with Crippen LogP contribution >= 0.6 is 0 Å². The van der Waals surface area contributed by atoms with Gasteiger partial charge in [-0.1, -0.05) is 0 Å². The molecule has 0 aromatic rings. The first-order valence-electron chi connectivity index (χ1n) is 5.50. The Morgan fingerprint density at radius 3 is 2.69 bits per heavy atom. The van der Waals surface area contributed by atoms with Crippen molar-refractivity contribution in [1.29, 1.82) is 0 Å². The van der Waals surface area contributed by atoms with Gasteiger partial charge in [0.1, 0.15) is 0 Å². The first kappa shape index (κ1) is 12.8. The second-order valence-electron chi connectivity index (χ2n) is 5.03. The van der Waals surface area contributed by atoms with Crippen molar-refractivity contribution >= 4 is 12.1 Å². The Morgan fingerprint density at radius 2 is 2.19 bits per heavy atom. The SMILES string of the molecule is CC(C)(C)N1C(=O)OCCC1CCC(=O)O. The molecule has 0 bridgehead atoms. The maximum atomic E-state index is 11.7. The average Bonchev–Trinajstić information content (AvgIpc) is 2.12. The third-order valence-corrected chi connectivity index (χ3v) is 2.65. The van der Waals surface area contributed by atoms with Crippen LogP contribution in [0.1, 0.15) is 40.0 Å². The largest absolute Gasteiger partial charge is 0.481 e. The number of carbonyl (C=O) groups excluding carboxylic acids is 1. The summed E-state index contributed by atoms with van der Waals surface area (Å²) in [4.78, 5) is 23.8. The van der Waals surface area contributed by atoms with E-state index in [1.54, 1.807) is 4.90 Å². The smallest absolute Gasteiger partial charge is 0.410 e. The molecule has 0 spiro atoms. The number of rotatable bonds is 3. The van der Waals surface area contributed by atoms with Crippen LogP contribution in [-0.2, 0) is 9.53 Å². The van der Waals surface area contributed by atoms with Crippen molar-refractivity contribution in [3.8, 4) is 0 Å². The molecule has 0 aromatic heterocycles. The van der Waals surface area contributed by atoms with Gasteiger partial charge < -0.3 is 14.7 Å². The highest BCUT2D eigenvalue weighted by atomic mass is 16.6. The molecule has 1 rings (SSSR count). The second-order valence-corrected chi connectivity index (χ2v) is 5.03. The Morgan fingerprint density at radius 1 is 1.56 bits per heavy atom. The van der Waals surface area contributed by atoms with Crippen LogP contribution in [0.3, 0.4) is 0 Å². The Kier molecular flexibility index (Phi) is 3.78. The van der Waals surface area contributed by atoms with E-state index >= 15 is 0 Å². The Hall–Kier alpha value is -1.26. The molecule has 1 saturated heterocycles. The number of carboxylic acids is 1. The fourth-order valence-corrected chi connectivity index (χ4v) is 2.02. The standard InChI is InChI=1S/C11H19NO4/c1-11(2,3)12-8(4-5-9(13)14)6-7-16-10(12)15/h8H,4-7H2,1-3H3,(H,13,14). The van der Waals surface area contributed by atoms with Crippen LogP contribution in [0.25, 0.3) is 0 Å². The van der Waals surface area contributed by atoms with E-state index < -0.39 is 5.97 Å². The molecule has 1 N–H and O–H groups in total. The first-order valence-corrected chi connectivity index (χ1v) is 5.50. The molecule has 1 unspecified atom stereocenters. The molecule has 92 valence electrons. The highest BCUT2D eigenvalue weighted by molar-refractivity contribution is 5.70. The van der Waals surface area contributed by atoms with Crippen molar-refractivity contribution in [1.82, 2.24) is 4.90 Å². The Labute approximate surface area is 95.4 Å². The number of aliphatic carboxylic acids is 1. The molecule has 0 aromatic carbocycles. The molecule has 1 atom stereocenters. The summed E-state index contributed by atoms with van der Waals surface area (Å²) >= 11 is 0. The zero-order valence-electron chi connectivity index (χ0n) is 10.0. The fraction of sp³-hybridized carbons (Fsp3) is 0.818. The number of cyclic esters (lactones) is 1. The minimum atomic E-state index is -0.826. The van der Waals surface area contributed by atoms with Gasteiger partial charge in [0.25, 0.3) is 0 Å². The van der Waals surface area contributed by atoms with Crippen LogP contribution in [0.5, 0.6) is 0 Å². The van der Waals surface area contributed by atoms with Gasteiger partial charge in [-0.3, -0.25) is 4.79 Å². The molecular formula is C11H19NO4. The first-order chi connectivity index (χ1) is 7.32. The van der Waals surface area contributed by atoms with E-state index in [-0.39, 0.29) is 24.1 Å². The fourth-order valence-electron chi connectivity index (χ4n) is 2.02. The summed E-state index contributed by atoms with van der Waals surface area (Å²) < 4.78 is 4.99. The Balaban J connectivity index is 2.71. The van der Waals surface area contributed by atoms with Crippen LogP contribution in [0, 0.1) is 0 Å². The topological polar surface area (TPSA) is 66.8 Å². The normalized spacial score (nSPS) is 21.8. The number of hydrogen-bond acceptors (Lipinski definition) is 3. The van der Waals surface area contributed by atoms with Crippen LogP contribution in [0.4, 0.5) is 4.79 Å². The van der Waals surface area contributed by atoms with Gasteiger partial charge in [-0.25, -0.2) is 4.79 Å². The van der Waals surface area contributed by atoms with E-state index in [4.69, 9.17) is 9.84 Å². The Bertz CT molecular complexity index is 282. The number of nitrogens with zero attached hydrogens (tertiary/aromatic N) is 1. The minimum Gasteiger partial charge on any atom is -0.481 e. The van der Waals surface area contributed by atoms with Gasteiger partial charge in [0, 0.05) is 24.4 Å². The summed E-state index contributed by atoms with van der Waals surface area (Å²) in [6, 6.07) is -0.0302. The van der Waals surface area contributed by atoms with Crippen molar-refractivity contribution < 1.29 is 19.4 Å². The predicted molar refractivity (Wildman–Crippen MR) is 58.2 cm³/mol. The van der Waals surface area contributed by atoms with Crippen LogP contribution in [0.2, 0.25) is 0 Å². The van der Waals surface area contributed by atoms with Crippen molar-refractivity contribution in [2.45, 2.75) is 51.6 Å². The quantitative estimate of drug-likeness (QED) is 0.802. The third kappa shape index (κ3) is 3.12. The van der Waals surface area contributed by atoms with Crippen molar-refractivity contribution in [2.75, 3.05) is 6.61 Å². The molecule has 5 nitrogen and oxygen atoms in total. The van der Waals surface area contributed by atoms with Gasteiger partial charge in [0.2, 0.25) is 0 Å². The average molecular weight is 229 g/mol. The maximum absolute atomic E-state index is 11.7. The van der Waals surface area contributed by atoms with Crippen molar-refractivity contribution in [2.24, 2.45) is 0 Å². The van der Waals surface area contributed by atoms with Crippen LogP contribution in [-0.4, -0.2) is 40.3 Å². The summed E-state index contributed by atoms with van der Waals surface area (Å²) in [7, 11) is 0. The number of amides is 1. The van der Waals surface area contributed by atoms with E-state index in [9.17, 15) is 9.59 Å². The van der Waals surface area contributed by atoms with Gasteiger partial charge in [0.05, 0.1) is 6.61 Å². The van der Waals surface area contributed by atoms with Crippen LogP contribution < -0.4 is 0 Å². The monoisotopic (exact) mass is 229 g/mol. The second kappa shape index (κ2) is 4.72. The van der Waals surface area contributed by atoms with E-state index in [0.29, 0.717) is 19.4 Å². The third-order valence-electron chi connectivity index (χ3n) is 2.65. The van der Waals surface area contributed by atoms with Crippen molar-refractivity contribution in [3.05, 3.63) is 0 Å². The van der Waals surface area contributed by atoms with Gasteiger partial charge in [-0.2, -0.15) is 0 Å².